The lowest BCUT2D eigenvalue weighted by molar-refractivity contribution is 0.0499. The lowest BCUT2D eigenvalue weighted by Crippen LogP contribution is -2.49. The van der Waals surface area contributed by atoms with Crippen molar-refractivity contribution in [3.63, 3.8) is 0 Å². The van der Waals surface area contributed by atoms with E-state index in [0.717, 1.165) is 30.3 Å². The molecule has 1 aromatic carbocycles. The Kier molecular flexibility index (Phi) is 7.67. The third kappa shape index (κ3) is 6.20. The van der Waals surface area contributed by atoms with Gasteiger partial charge in [-0.15, -0.1) is 5.92 Å². The number of alkyl carbamates (subject to hydrolysis) is 1. The molecule has 4 rings (SSSR count). The maximum atomic E-state index is 13.6. The van der Waals surface area contributed by atoms with Gasteiger partial charge in [-0.25, -0.2) is 14.8 Å². The number of nitrogens with zero attached hydrogens (tertiary/aromatic N) is 5. The van der Waals surface area contributed by atoms with Crippen molar-refractivity contribution in [1.82, 2.24) is 19.9 Å². The first-order chi connectivity index (χ1) is 17.7. The van der Waals surface area contributed by atoms with Crippen molar-refractivity contribution in [2.75, 3.05) is 29.9 Å². The molecule has 0 bridgehead atoms. The first-order valence-electron chi connectivity index (χ1n) is 12.5. The van der Waals surface area contributed by atoms with Crippen molar-refractivity contribution in [3.05, 3.63) is 48.3 Å². The normalized spacial score (nSPS) is 15.6. The van der Waals surface area contributed by atoms with Crippen LogP contribution in [0.3, 0.4) is 0 Å². The zero-order valence-electron chi connectivity index (χ0n) is 22.1. The number of aromatic nitrogens is 3. The van der Waals surface area contributed by atoms with Crippen LogP contribution in [0.4, 0.5) is 16.6 Å². The van der Waals surface area contributed by atoms with E-state index in [2.05, 4.69) is 32.0 Å². The zero-order valence-corrected chi connectivity index (χ0v) is 22.1. The quantitative estimate of drug-likeness (QED) is 0.525. The summed E-state index contributed by atoms with van der Waals surface area (Å²) < 4.78 is 7.26. The van der Waals surface area contributed by atoms with Crippen LogP contribution in [0.5, 0.6) is 0 Å². The number of nitrogens with one attached hydrogen (secondary N) is 1. The molecule has 2 amide bonds. The van der Waals surface area contributed by atoms with Crippen molar-refractivity contribution in [3.8, 4) is 11.8 Å². The fraction of sp³-hybridized carbons (Fsp3) is 0.429. The van der Waals surface area contributed by atoms with Gasteiger partial charge in [-0.2, -0.15) is 0 Å². The third-order valence-electron chi connectivity index (χ3n) is 6.12. The number of carbonyl (C=O) groups excluding carboxylic acids is 2. The number of ether oxygens (including phenoxy) is 1. The number of fused-ring (bicyclic) bond motifs is 1. The lowest BCUT2D eigenvalue weighted by atomic mass is 10.1. The molecule has 1 N–H and O–H groups in total. The van der Waals surface area contributed by atoms with Gasteiger partial charge >= 0.3 is 6.09 Å². The van der Waals surface area contributed by atoms with E-state index in [9.17, 15) is 9.59 Å². The smallest absolute Gasteiger partial charge is 0.407 e. The van der Waals surface area contributed by atoms with Crippen molar-refractivity contribution in [1.29, 1.82) is 0 Å². The Hall–Kier alpha value is -4.06. The van der Waals surface area contributed by atoms with Gasteiger partial charge in [0.1, 0.15) is 17.1 Å². The zero-order chi connectivity index (χ0) is 26.6. The molecule has 1 aliphatic heterocycles. The molecule has 2 aromatic heterocycles. The number of benzene rings is 1. The van der Waals surface area contributed by atoms with Crippen molar-refractivity contribution in [2.45, 2.75) is 58.7 Å². The molecule has 194 valence electrons. The fourth-order valence-corrected chi connectivity index (χ4v) is 4.37. The molecule has 9 heteroatoms. The minimum absolute atomic E-state index is 0.0883. The SMILES string of the molecule is CC#CCn1c(C(=O)N(C)c2ccc3ccccc3n2)cnc1N1CCCC(NC(=O)OC(C)(C)C)C1. The Morgan fingerprint density at radius 2 is 2.00 bits per heavy atom. The van der Waals surface area contributed by atoms with E-state index in [1.54, 1.807) is 20.2 Å². The first kappa shape index (κ1) is 26.0. The summed E-state index contributed by atoms with van der Waals surface area (Å²) in [6, 6.07) is 11.5. The van der Waals surface area contributed by atoms with Crippen LogP contribution in [-0.2, 0) is 11.3 Å². The number of hydrogen-bond donors (Lipinski definition) is 1. The molecule has 1 atom stereocenters. The maximum absolute atomic E-state index is 13.6. The second-order valence-corrected chi connectivity index (χ2v) is 10.1. The third-order valence-corrected chi connectivity index (χ3v) is 6.12. The van der Waals surface area contributed by atoms with Gasteiger partial charge in [-0.1, -0.05) is 24.1 Å². The van der Waals surface area contributed by atoms with Crippen LogP contribution in [0.15, 0.2) is 42.6 Å². The highest BCUT2D eigenvalue weighted by Crippen LogP contribution is 2.24. The number of pyridine rings is 1. The molecule has 1 unspecified atom stereocenters. The summed E-state index contributed by atoms with van der Waals surface area (Å²) >= 11 is 0. The second-order valence-electron chi connectivity index (χ2n) is 10.1. The van der Waals surface area contributed by atoms with E-state index in [1.807, 2.05) is 61.7 Å². The van der Waals surface area contributed by atoms with Gasteiger partial charge in [-0.05, 0) is 58.7 Å². The standard InChI is InChI=1S/C28H34N6O3/c1-6-7-17-34-23(25(35)32(5)24-15-14-20-11-8-9-13-22(20)31-24)18-29-26(34)33-16-10-12-21(19-33)30-27(36)37-28(2,3)4/h8-9,11,13-15,18,21H,10,12,16-17,19H2,1-5H3,(H,30,36). The van der Waals surface area contributed by atoms with Gasteiger partial charge in [0.25, 0.3) is 5.91 Å². The van der Waals surface area contributed by atoms with Gasteiger partial charge in [0, 0.05) is 31.6 Å². The summed E-state index contributed by atoms with van der Waals surface area (Å²) in [5.74, 6) is 6.97. The first-order valence-corrected chi connectivity index (χ1v) is 12.5. The van der Waals surface area contributed by atoms with E-state index < -0.39 is 11.7 Å². The van der Waals surface area contributed by atoms with E-state index in [4.69, 9.17) is 4.74 Å². The largest absolute Gasteiger partial charge is 0.444 e. The molecular weight excluding hydrogens is 468 g/mol. The average Bonchev–Trinajstić information content (AvgIpc) is 3.29. The molecule has 0 aliphatic carbocycles. The Morgan fingerprint density at radius 3 is 2.76 bits per heavy atom. The Bertz CT molecular complexity index is 1350. The van der Waals surface area contributed by atoms with Gasteiger partial charge in [0.05, 0.1) is 18.3 Å². The molecular formula is C28H34N6O3. The number of imidazole rings is 1. The summed E-state index contributed by atoms with van der Waals surface area (Å²) in [5.41, 5.74) is 0.689. The van der Waals surface area contributed by atoms with Crippen molar-refractivity contribution >= 4 is 34.7 Å². The minimum atomic E-state index is -0.561. The molecule has 0 spiro atoms. The molecule has 0 saturated carbocycles. The van der Waals surface area contributed by atoms with Crippen molar-refractivity contribution in [2.24, 2.45) is 0 Å². The van der Waals surface area contributed by atoms with E-state index in [0.29, 0.717) is 30.5 Å². The Morgan fingerprint density at radius 1 is 1.22 bits per heavy atom. The predicted octanol–water partition coefficient (Wildman–Crippen LogP) is 4.22. The lowest BCUT2D eigenvalue weighted by Gasteiger charge is -2.34. The monoisotopic (exact) mass is 502 g/mol. The van der Waals surface area contributed by atoms with Gasteiger partial charge in [0.2, 0.25) is 5.95 Å². The summed E-state index contributed by atoms with van der Waals surface area (Å²) in [6.45, 7) is 8.94. The second kappa shape index (κ2) is 10.9. The van der Waals surface area contributed by atoms with Crippen LogP contribution in [0.25, 0.3) is 10.9 Å². The van der Waals surface area contributed by atoms with Gasteiger partial charge in [0.15, 0.2) is 0 Å². The molecule has 0 radical (unpaired) electrons. The summed E-state index contributed by atoms with van der Waals surface area (Å²) in [5, 5.41) is 3.98. The molecule has 3 aromatic rings. The van der Waals surface area contributed by atoms with E-state index in [1.165, 1.54) is 4.90 Å². The van der Waals surface area contributed by atoms with Crippen LogP contribution in [0.2, 0.25) is 0 Å². The number of rotatable bonds is 5. The minimum Gasteiger partial charge on any atom is -0.444 e. The van der Waals surface area contributed by atoms with Gasteiger partial charge in [-0.3, -0.25) is 14.3 Å². The highest BCUT2D eigenvalue weighted by molar-refractivity contribution is 6.04. The number of amides is 2. The molecule has 1 fully saturated rings. The highest BCUT2D eigenvalue weighted by Gasteiger charge is 2.29. The molecule has 37 heavy (non-hydrogen) atoms. The van der Waals surface area contributed by atoms with E-state index >= 15 is 0 Å². The predicted molar refractivity (Wildman–Crippen MR) is 145 cm³/mol. The molecule has 9 nitrogen and oxygen atoms in total. The van der Waals surface area contributed by atoms with E-state index in [-0.39, 0.29) is 11.9 Å². The van der Waals surface area contributed by atoms with Crippen LogP contribution in [0.1, 0.15) is 51.0 Å². The van der Waals surface area contributed by atoms with Crippen LogP contribution in [0, 0.1) is 11.8 Å². The highest BCUT2D eigenvalue weighted by atomic mass is 16.6. The number of piperidine rings is 1. The maximum Gasteiger partial charge on any atom is 0.407 e. The topological polar surface area (TPSA) is 92.6 Å². The molecule has 1 saturated heterocycles. The van der Waals surface area contributed by atoms with Gasteiger partial charge < -0.3 is 15.0 Å². The fourth-order valence-electron chi connectivity index (χ4n) is 4.37. The average molecular weight is 503 g/mol. The number of para-hydroxylation sites is 1. The van der Waals surface area contributed by atoms with Crippen molar-refractivity contribution < 1.29 is 14.3 Å². The van der Waals surface area contributed by atoms with Crippen LogP contribution in [-0.4, -0.2) is 58.3 Å². The molecule has 3 heterocycles. The number of hydrogen-bond acceptors (Lipinski definition) is 6. The summed E-state index contributed by atoms with van der Waals surface area (Å²) in [4.78, 5) is 38.8. The number of anilines is 2. The number of carbonyl (C=O) groups is 2. The Balaban J connectivity index is 1.56. The van der Waals surface area contributed by atoms with Crippen LogP contribution < -0.4 is 15.1 Å². The Labute approximate surface area is 217 Å². The van der Waals surface area contributed by atoms with Crippen LogP contribution >= 0.6 is 0 Å². The summed E-state index contributed by atoms with van der Waals surface area (Å²) in [7, 11) is 1.71. The molecule has 1 aliphatic rings. The summed E-state index contributed by atoms with van der Waals surface area (Å²) in [6.07, 6.45) is 2.88.